The summed E-state index contributed by atoms with van der Waals surface area (Å²) >= 11 is 9.28. The first kappa shape index (κ1) is 18.4. The number of rotatable bonds is 4. The van der Waals surface area contributed by atoms with Crippen LogP contribution in [0.2, 0.25) is 5.02 Å². The van der Waals surface area contributed by atoms with Crippen LogP contribution in [0.25, 0.3) is 0 Å². The van der Waals surface area contributed by atoms with Crippen molar-refractivity contribution in [2.24, 2.45) is 0 Å². The fourth-order valence-corrected chi connectivity index (χ4v) is 3.67. The molecule has 3 rings (SSSR count). The van der Waals surface area contributed by atoms with E-state index in [1.807, 2.05) is 6.07 Å². The van der Waals surface area contributed by atoms with Gasteiger partial charge in [-0.15, -0.1) is 0 Å². The summed E-state index contributed by atoms with van der Waals surface area (Å²) in [7, 11) is 0. The van der Waals surface area contributed by atoms with E-state index in [0.29, 0.717) is 20.7 Å². The summed E-state index contributed by atoms with van der Waals surface area (Å²) in [5, 5.41) is 5.77. The first-order valence-corrected chi connectivity index (χ1v) is 8.93. The lowest BCUT2D eigenvalue weighted by atomic mass is 9.92. The minimum absolute atomic E-state index is 0.392. The molecule has 0 spiro atoms. The smallest absolute Gasteiger partial charge is 0.324 e. The van der Waals surface area contributed by atoms with Crippen LogP contribution in [0.1, 0.15) is 12.5 Å². The Balaban J connectivity index is 1.77. The molecule has 134 valence electrons. The number of hydrogen-bond acceptors (Lipinski definition) is 3. The molecule has 1 atom stereocenters. The van der Waals surface area contributed by atoms with Gasteiger partial charge in [0.05, 0.1) is 0 Å². The highest BCUT2D eigenvalue weighted by Gasteiger charge is 2.50. The molecule has 0 radical (unpaired) electrons. The molecule has 1 aliphatic rings. The number of amides is 4. The number of urea groups is 1. The van der Waals surface area contributed by atoms with Gasteiger partial charge in [0, 0.05) is 20.7 Å². The zero-order valence-electron chi connectivity index (χ0n) is 13.8. The largest absolute Gasteiger partial charge is 0.325 e. The standard InChI is InChI=1S/C18H15BrClN3O3/c1-18(13-7-2-3-8-14(13)19)16(25)23(17(26)22-18)10-15(24)21-12-6-4-5-11(20)9-12/h2-9H,10H2,1H3,(H,21,24)(H,22,26). The highest BCUT2D eigenvalue weighted by Crippen LogP contribution is 2.33. The van der Waals surface area contributed by atoms with E-state index in [9.17, 15) is 14.4 Å². The van der Waals surface area contributed by atoms with E-state index in [4.69, 9.17) is 11.6 Å². The molecule has 1 aliphatic heterocycles. The van der Waals surface area contributed by atoms with Crippen LogP contribution < -0.4 is 10.6 Å². The van der Waals surface area contributed by atoms with Crippen LogP contribution in [0, 0.1) is 0 Å². The van der Waals surface area contributed by atoms with Crippen molar-refractivity contribution in [3.8, 4) is 0 Å². The molecule has 8 heteroatoms. The number of anilines is 1. The molecule has 26 heavy (non-hydrogen) atoms. The summed E-state index contributed by atoms with van der Waals surface area (Å²) in [5.74, 6) is -0.984. The van der Waals surface area contributed by atoms with Crippen molar-refractivity contribution in [1.29, 1.82) is 0 Å². The van der Waals surface area contributed by atoms with Gasteiger partial charge >= 0.3 is 6.03 Å². The molecule has 2 aromatic carbocycles. The van der Waals surface area contributed by atoms with Crippen molar-refractivity contribution in [2.45, 2.75) is 12.5 Å². The second-order valence-electron chi connectivity index (χ2n) is 5.98. The Bertz CT molecular complexity index is 905. The van der Waals surface area contributed by atoms with Crippen LogP contribution in [0.3, 0.4) is 0 Å². The highest BCUT2D eigenvalue weighted by molar-refractivity contribution is 9.10. The Morgan fingerprint density at radius 3 is 2.65 bits per heavy atom. The summed E-state index contributed by atoms with van der Waals surface area (Å²) in [6.45, 7) is 1.22. The average molecular weight is 437 g/mol. The molecule has 1 fully saturated rings. The Labute approximate surface area is 163 Å². The molecule has 6 nitrogen and oxygen atoms in total. The maximum atomic E-state index is 12.9. The lowest BCUT2D eigenvalue weighted by molar-refractivity contribution is -0.133. The monoisotopic (exact) mass is 435 g/mol. The van der Waals surface area contributed by atoms with Gasteiger partial charge in [0.25, 0.3) is 5.91 Å². The van der Waals surface area contributed by atoms with Crippen LogP contribution in [0.5, 0.6) is 0 Å². The average Bonchev–Trinajstić information content (AvgIpc) is 2.79. The number of benzene rings is 2. The molecule has 1 unspecified atom stereocenters. The zero-order chi connectivity index (χ0) is 18.9. The zero-order valence-corrected chi connectivity index (χ0v) is 16.1. The Morgan fingerprint density at radius 1 is 1.23 bits per heavy atom. The van der Waals surface area contributed by atoms with Gasteiger partial charge in [0.15, 0.2) is 0 Å². The van der Waals surface area contributed by atoms with E-state index in [1.54, 1.807) is 49.4 Å². The van der Waals surface area contributed by atoms with Gasteiger partial charge in [0.2, 0.25) is 5.91 Å². The first-order chi connectivity index (χ1) is 12.3. The van der Waals surface area contributed by atoms with E-state index >= 15 is 0 Å². The molecule has 0 bridgehead atoms. The molecule has 1 saturated heterocycles. The second-order valence-corrected chi connectivity index (χ2v) is 7.28. The highest BCUT2D eigenvalue weighted by atomic mass is 79.9. The number of imide groups is 1. The minimum Gasteiger partial charge on any atom is -0.324 e. The summed E-state index contributed by atoms with van der Waals surface area (Å²) < 4.78 is 0.696. The van der Waals surface area contributed by atoms with E-state index in [-0.39, 0.29) is 0 Å². The van der Waals surface area contributed by atoms with Crippen LogP contribution in [-0.2, 0) is 15.1 Å². The quantitative estimate of drug-likeness (QED) is 0.720. The van der Waals surface area contributed by atoms with Gasteiger partial charge in [-0.05, 0) is 31.2 Å². The minimum atomic E-state index is -1.24. The molecule has 0 aromatic heterocycles. The van der Waals surface area contributed by atoms with E-state index in [2.05, 4.69) is 26.6 Å². The second kappa shape index (κ2) is 7.09. The molecule has 2 aromatic rings. The number of nitrogens with zero attached hydrogens (tertiary/aromatic N) is 1. The van der Waals surface area contributed by atoms with Crippen LogP contribution in [-0.4, -0.2) is 29.3 Å². The summed E-state index contributed by atoms with van der Waals surface area (Å²) in [5.41, 5.74) is -0.132. The maximum Gasteiger partial charge on any atom is 0.325 e. The Morgan fingerprint density at radius 2 is 1.96 bits per heavy atom. The van der Waals surface area contributed by atoms with Gasteiger partial charge in [-0.1, -0.05) is 51.8 Å². The summed E-state index contributed by atoms with van der Waals surface area (Å²) in [6, 6.07) is 13.1. The van der Waals surface area contributed by atoms with Crippen LogP contribution in [0.15, 0.2) is 53.0 Å². The van der Waals surface area contributed by atoms with Crippen molar-refractivity contribution in [3.63, 3.8) is 0 Å². The molecule has 0 aliphatic carbocycles. The maximum absolute atomic E-state index is 12.9. The topological polar surface area (TPSA) is 78.5 Å². The number of hydrogen-bond donors (Lipinski definition) is 2. The molecular formula is C18H15BrClN3O3. The SMILES string of the molecule is CC1(c2ccccc2Br)NC(=O)N(CC(=O)Nc2cccc(Cl)c2)C1=O. The third kappa shape index (κ3) is 3.45. The predicted molar refractivity (Wildman–Crippen MR) is 102 cm³/mol. The van der Waals surface area contributed by atoms with E-state index in [1.165, 1.54) is 0 Å². The normalized spacial score (nSPS) is 19.4. The molecule has 1 heterocycles. The van der Waals surface area contributed by atoms with Crippen LogP contribution >= 0.6 is 27.5 Å². The molecular weight excluding hydrogens is 422 g/mol. The lowest BCUT2D eigenvalue weighted by Gasteiger charge is -2.23. The van der Waals surface area contributed by atoms with E-state index < -0.39 is 29.9 Å². The fourth-order valence-electron chi connectivity index (χ4n) is 2.80. The summed E-state index contributed by atoms with van der Waals surface area (Å²) in [4.78, 5) is 38.3. The lowest BCUT2D eigenvalue weighted by Crippen LogP contribution is -2.42. The van der Waals surface area contributed by atoms with Gasteiger partial charge in [0.1, 0.15) is 12.1 Å². The predicted octanol–water partition coefficient (Wildman–Crippen LogP) is 3.51. The van der Waals surface area contributed by atoms with Crippen molar-refractivity contribution < 1.29 is 14.4 Å². The van der Waals surface area contributed by atoms with E-state index in [0.717, 1.165) is 4.90 Å². The van der Waals surface area contributed by atoms with Crippen molar-refractivity contribution in [2.75, 3.05) is 11.9 Å². The summed E-state index contributed by atoms with van der Waals surface area (Å²) in [6.07, 6.45) is 0. The van der Waals surface area contributed by atoms with Crippen LogP contribution in [0.4, 0.5) is 10.5 Å². The number of carbonyl (C=O) groups is 3. The van der Waals surface area contributed by atoms with Crippen molar-refractivity contribution in [3.05, 3.63) is 63.6 Å². The Hall–Kier alpha value is -2.38. The van der Waals surface area contributed by atoms with Gasteiger partial charge in [-0.25, -0.2) is 4.79 Å². The van der Waals surface area contributed by atoms with Gasteiger partial charge in [-0.2, -0.15) is 0 Å². The number of carbonyl (C=O) groups excluding carboxylic acids is 3. The Kier molecular flexibility index (Phi) is 5.02. The third-order valence-electron chi connectivity index (χ3n) is 4.10. The van der Waals surface area contributed by atoms with Gasteiger partial charge < -0.3 is 10.6 Å². The number of nitrogens with one attached hydrogen (secondary N) is 2. The van der Waals surface area contributed by atoms with Gasteiger partial charge in [-0.3, -0.25) is 14.5 Å². The fraction of sp³-hybridized carbons (Fsp3) is 0.167. The molecule has 2 N–H and O–H groups in total. The van der Waals surface area contributed by atoms with Crippen molar-refractivity contribution in [1.82, 2.24) is 10.2 Å². The first-order valence-electron chi connectivity index (χ1n) is 7.76. The van der Waals surface area contributed by atoms with Crippen molar-refractivity contribution >= 4 is 51.1 Å². The molecule has 0 saturated carbocycles. The molecule has 4 amide bonds. The third-order valence-corrected chi connectivity index (χ3v) is 5.02. The number of halogens is 2.